The Labute approximate surface area is 171 Å². The molecule has 0 unspecified atom stereocenters. The van der Waals surface area contributed by atoms with E-state index in [1.807, 2.05) is 29.5 Å². The van der Waals surface area contributed by atoms with Crippen molar-refractivity contribution in [3.63, 3.8) is 0 Å². The maximum Gasteiger partial charge on any atom is 0.262 e. The van der Waals surface area contributed by atoms with E-state index in [1.165, 1.54) is 11.8 Å². The largest absolute Gasteiger partial charge is 0.497 e. The van der Waals surface area contributed by atoms with E-state index in [0.29, 0.717) is 34.2 Å². The van der Waals surface area contributed by atoms with Crippen LogP contribution in [0.1, 0.15) is 23.7 Å². The second kappa shape index (κ2) is 8.08. The number of carbonyl (C=O) groups excluding carboxylic acids is 1. The first-order valence-electron chi connectivity index (χ1n) is 9.30. The molecule has 0 N–H and O–H groups in total. The smallest absolute Gasteiger partial charge is 0.262 e. The number of para-hydroxylation sites is 1. The Morgan fingerprint density at radius 1 is 1.14 bits per heavy atom. The molecule has 0 saturated heterocycles. The number of hydrogen-bond donors (Lipinski definition) is 0. The number of Topliss-reactive ketones (excluding diaryl/α,β-unsaturated/α-hetero) is 1. The number of rotatable bonds is 7. The Morgan fingerprint density at radius 2 is 1.97 bits per heavy atom. The van der Waals surface area contributed by atoms with Gasteiger partial charge in [0, 0.05) is 12.1 Å². The van der Waals surface area contributed by atoms with Gasteiger partial charge in [0.2, 0.25) is 5.78 Å². The van der Waals surface area contributed by atoms with Crippen molar-refractivity contribution in [1.29, 1.82) is 0 Å². The third-order valence-corrected chi connectivity index (χ3v) is 5.58. The standard InChI is InChI=1S/C21H20N4O3S/c1-3-11-24-19(27)16-9-4-5-10-17(16)25-20(24)22-23-21(25)29-13-18(26)14-7-6-8-15(12-14)28-2/h4-10,12H,3,11,13H2,1-2H3. The van der Waals surface area contributed by atoms with Crippen LogP contribution in [0.25, 0.3) is 16.7 Å². The van der Waals surface area contributed by atoms with Crippen molar-refractivity contribution in [1.82, 2.24) is 19.2 Å². The van der Waals surface area contributed by atoms with Gasteiger partial charge in [0.15, 0.2) is 10.9 Å². The molecule has 4 aromatic rings. The van der Waals surface area contributed by atoms with Crippen molar-refractivity contribution in [2.45, 2.75) is 25.0 Å². The van der Waals surface area contributed by atoms with E-state index in [1.54, 1.807) is 42.0 Å². The number of hydrogen-bond acceptors (Lipinski definition) is 6. The number of ketones is 1. The summed E-state index contributed by atoms with van der Waals surface area (Å²) < 4.78 is 8.69. The fourth-order valence-corrected chi connectivity index (χ4v) is 4.10. The molecule has 0 spiro atoms. The van der Waals surface area contributed by atoms with Gasteiger partial charge in [-0.2, -0.15) is 0 Å². The maximum atomic E-state index is 12.9. The van der Waals surface area contributed by atoms with E-state index in [0.717, 1.165) is 11.9 Å². The highest BCUT2D eigenvalue weighted by Crippen LogP contribution is 2.23. The number of aromatic nitrogens is 4. The lowest BCUT2D eigenvalue weighted by atomic mass is 10.1. The molecule has 0 fully saturated rings. The van der Waals surface area contributed by atoms with Crippen LogP contribution >= 0.6 is 11.8 Å². The molecule has 4 rings (SSSR count). The van der Waals surface area contributed by atoms with E-state index in [-0.39, 0.29) is 17.1 Å². The summed E-state index contributed by atoms with van der Waals surface area (Å²) in [7, 11) is 1.57. The van der Waals surface area contributed by atoms with Crippen LogP contribution in [0.3, 0.4) is 0 Å². The first-order valence-corrected chi connectivity index (χ1v) is 10.3. The second-order valence-corrected chi connectivity index (χ2v) is 7.48. The number of fused-ring (bicyclic) bond motifs is 3. The average Bonchev–Trinajstić information content (AvgIpc) is 3.19. The predicted molar refractivity (Wildman–Crippen MR) is 113 cm³/mol. The van der Waals surface area contributed by atoms with E-state index in [2.05, 4.69) is 10.2 Å². The van der Waals surface area contributed by atoms with Crippen LogP contribution in [0.2, 0.25) is 0 Å². The highest BCUT2D eigenvalue weighted by molar-refractivity contribution is 7.99. The van der Waals surface area contributed by atoms with Crippen LogP contribution in [0.15, 0.2) is 58.5 Å². The lowest BCUT2D eigenvalue weighted by Crippen LogP contribution is -2.23. The normalized spacial score (nSPS) is 11.2. The highest BCUT2D eigenvalue weighted by atomic mass is 32.2. The third kappa shape index (κ3) is 3.51. The fraction of sp³-hybridized carbons (Fsp3) is 0.238. The number of aryl methyl sites for hydroxylation is 1. The van der Waals surface area contributed by atoms with Crippen LogP contribution in [-0.2, 0) is 6.54 Å². The van der Waals surface area contributed by atoms with E-state index in [9.17, 15) is 9.59 Å². The summed E-state index contributed by atoms with van der Waals surface area (Å²) in [6.07, 6.45) is 0.803. The van der Waals surface area contributed by atoms with E-state index >= 15 is 0 Å². The number of ether oxygens (including phenoxy) is 1. The molecule has 0 atom stereocenters. The van der Waals surface area contributed by atoms with Gasteiger partial charge in [-0.15, -0.1) is 10.2 Å². The van der Waals surface area contributed by atoms with Gasteiger partial charge in [0.05, 0.1) is 23.8 Å². The molecule has 0 saturated carbocycles. The number of carbonyl (C=O) groups is 1. The minimum Gasteiger partial charge on any atom is -0.497 e. The second-order valence-electron chi connectivity index (χ2n) is 6.54. The Kier molecular flexibility index (Phi) is 5.35. The molecular formula is C21H20N4O3S. The monoisotopic (exact) mass is 408 g/mol. The number of methoxy groups -OCH3 is 1. The van der Waals surface area contributed by atoms with Crippen molar-refractivity contribution in [2.75, 3.05) is 12.9 Å². The van der Waals surface area contributed by atoms with Gasteiger partial charge in [0.25, 0.3) is 5.56 Å². The summed E-state index contributed by atoms with van der Waals surface area (Å²) in [5.74, 6) is 1.31. The molecule has 2 heterocycles. The Bertz CT molecular complexity index is 1260. The molecule has 0 bridgehead atoms. The lowest BCUT2D eigenvalue weighted by Gasteiger charge is -2.10. The Morgan fingerprint density at radius 3 is 2.76 bits per heavy atom. The van der Waals surface area contributed by atoms with Crippen LogP contribution in [0, 0.1) is 0 Å². The molecule has 29 heavy (non-hydrogen) atoms. The summed E-state index contributed by atoms with van der Waals surface area (Å²) >= 11 is 1.30. The molecule has 0 aliphatic heterocycles. The third-order valence-electron chi connectivity index (χ3n) is 4.65. The molecule has 0 aliphatic rings. The number of thioether (sulfide) groups is 1. The SMILES string of the molecule is CCCn1c(=O)c2ccccc2n2c(SCC(=O)c3cccc(OC)c3)nnc12. The molecule has 7 nitrogen and oxygen atoms in total. The lowest BCUT2D eigenvalue weighted by molar-refractivity contribution is 0.102. The first-order chi connectivity index (χ1) is 14.1. The van der Waals surface area contributed by atoms with Crippen LogP contribution in [0.4, 0.5) is 0 Å². The van der Waals surface area contributed by atoms with Crippen molar-refractivity contribution in [3.05, 3.63) is 64.4 Å². The molecule has 0 radical (unpaired) electrons. The van der Waals surface area contributed by atoms with Gasteiger partial charge in [-0.1, -0.05) is 43.0 Å². The first kappa shape index (κ1) is 19.2. The molecule has 0 aliphatic carbocycles. The van der Waals surface area contributed by atoms with Gasteiger partial charge >= 0.3 is 0 Å². The molecular weight excluding hydrogens is 388 g/mol. The molecule has 8 heteroatoms. The van der Waals surface area contributed by atoms with Crippen LogP contribution in [-0.4, -0.2) is 37.8 Å². The summed E-state index contributed by atoms with van der Waals surface area (Å²) in [6.45, 7) is 2.57. The maximum absolute atomic E-state index is 12.9. The summed E-state index contributed by atoms with van der Waals surface area (Å²) in [5.41, 5.74) is 1.24. The van der Waals surface area contributed by atoms with Crippen molar-refractivity contribution < 1.29 is 9.53 Å². The molecule has 2 aromatic heterocycles. The quantitative estimate of drug-likeness (QED) is 0.344. The average molecular weight is 408 g/mol. The van der Waals surface area contributed by atoms with Gasteiger partial charge in [0.1, 0.15) is 5.75 Å². The van der Waals surface area contributed by atoms with Crippen molar-refractivity contribution >= 4 is 34.2 Å². The summed E-state index contributed by atoms with van der Waals surface area (Å²) in [4.78, 5) is 25.5. The van der Waals surface area contributed by atoms with Gasteiger partial charge in [-0.3, -0.25) is 18.6 Å². The van der Waals surface area contributed by atoms with Gasteiger partial charge < -0.3 is 4.74 Å². The van der Waals surface area contributed by atoms with Gasteiger partial charge in [-0.25, -0.2) is 0 Å². The molecule has 2 aromatic carbocycles. The number of benzene rings is 2. The minimum atomic E-state index is -0.0774. The number of nitrogens with zero attached hydrogens (tertiary/aromatic N) is 4. The van der Waals surface area contributed by atoms with E-state index < -0.39 is 0 Å². The molecule has 0 amide bonds. The summed E-state index contributed by atoms with van der Waals surface area (Å²) in [6, 6.07) is 14.5. The van der Waals surface area contributed by atoms with E-state index in [4.69, 9.17) is 4.74 Å². The topological polar surface area (TPSA) is 78.5 Å². The zero-order valence-corrected chi connectivity index (χ0v) is 17.0. The highest BCUT2D eigenvalue weighted by Gasteiger charge is 2.17. The summed E-state index contributed by atoms with van der Waals surface area (Å²) in [5, 5.41) is 9.70. The van der Waals surface area contributed by atoms with Crippen molar-refractivity contribution in [2.24, 2.45) is 0 Å². The predicted octanol–water partition coefficient (Wildman–Crippen LogP) is 3.44. The fourth-order valence-electron chi connectivity index (χ4n) is 3.26. The Balaban J connectivity index is 1.73. The van der Waals surface area contributed by atoms with Crippen LogP contribution < -0.4 is 10.3 Å². The zero-order valence-electron chi connectivity index (χ0n) is 16.2. The van der Waals surface area contributed by atoms with Crippen LogP contribution in [0.5, 0.6) is 5.75 Å². The minimum absolute atomic E-state index is 0.0307. The molecule has 148 valence electrons. The zero-order chi connectivity index (χ0) is 20.4. The van der Waals surface area contributed by atoms with Gasteiger partial charge in [-0.05, 0) is 30.7 Å². The van der Waals surface area contributed by atoms with Crippen molar-refractivity contribution in [3.8, 4) is 5.75 Å². The Hall–Kier alpha value is -3.13.